The van der Waals surface area contributed by atoms with Gasteiger partial charge in [0.25, 0.3) is 0 Å². The molecule has 6 heteroatoms. The van der Waals surface area contributed by atoms with Crippen LogP contribution in [-0.2, 0) is 4.79 Å². The fraction of sp³-hybridized carbons (Fsp3) is 0.800. The Labute approximate surface area is 94.0 Å². The minimum absolute atomic E-state index is 0.0608. The number of amides is 2. The summed E-state index contributed by atoms with van der Waals surface area (Å²) >= 11 is 0. The summed E-state index contributed by atoms with van der Waals surface area (Å²) in [5, 5.41) is 14.1. The molecule has 0 spiro atoms. The minimum Gasteiger partial charge on any atom is -0.465 e. The van der Waals surface area contributed by atoms with Gasteiger partial charge in [0, 0.05) is 12.6 Å². The molecule has 16 heavy (non-hydrogen) atoms. The summed E-state index contributed by atoms with van der Waals surface area (Å²) in [5.41, 5.74) is 0. The van der Waals surface area contributed by atoms with Gasteiger partial charge < -0.3 is 20.6 Å². The molecule has 0 aromatic rings. The second-order valence-corrected chi connectivity index (χ2v) is 4.30. The highest BCUT2D eigenvalue weighted by molar-refractivity contribution is 5.87. The molecule has 2 rings (SSSR count). The third kappa shape index (κ3) is 2.27. The average molecular weight is 227 g/mol. The lowest BCUT2D eigenvalue weighted by molar-refractivity contribution is -0.131. The highest BCUT2D eigenvalue weighted by Crippen LogP contribution is 2.19. The van der Waals surface area contributed by atoms with Gasteiger partial charge in [0.1, 0.15) is 6.04 Å². The molecule has 6 nitrogen and oxygen atoms in total. The molecule has 2 saturated heterocycles. The van der Waals surface area contributed by atoms with Crippen LogP contribution in [0.4, 0.5) is 4.79 Å². The van der Waals surface area contributed by atoms with Crippen LogP contribution in [0.25, 0.3) is 0 Å². The molecule has 0 saturated carbocycles. The van der Waals surface area contributed by atoms with Gasteiger partial charge in [-0.1, -0.05) is 0 Å². The van der Waals surface area contributed by atoms with Crippen molar-refractivity contribution in [3.8, 4) is 0 Å². The van der Waals surface area contributed by atoms with Crippen LogP contribution in [0.3, 0.4) is 0 Å². The number of piperidine rings is 1. The Hall–Kier alpha value is -1.30. The maximum absolute atomic E-state index is 11.9. The van der Waals surface area contributed by atoms with E-state index in [1.54, 1.807) is 0 Å². The normalized spacial score (nSPS) is 27.1. The van der Waals surface area contributed by atoms with Gasteiger partial charge in [-0.2, -0.15) is 0 Å². The van der Waals surface area contributed by atoms with E-state index in [2.05, 4.69) is 10.6 Å². The molecule has 0 aromatic carbocycles. The Morgan fingerprint density at radius 3 is 2.69 bits per heavy atom. The molecule has 0 aromatic heterocycles. The second-order valence-electron chi connectivity index (χ2n) is 4.30. The molecule has 2 aliphatic rings. The summed E-state index contributed by atoms with van der Waals surface area (Å²) < 4.78 is 0. The molecule has 90 valence electrons. The van der Waals surface area contributed by atoms with Gasteiger partial charge in [-0.15, -0.1) is 0 Å². The van der Waals surface area contributed by atoms with Gasteiger partial charge in [0.2, 0.25) is 5.91 Å². The molecular weight excluding hydrogens is 210 g/mol. The summed E-state index contributed by atoms with van der Waals surface area (Å²) in [6, 6.07) is -0.248. The van der Waals surface area contributed by atoms with Crippen molar-refractivity contribution in [2.24, 2.45) is 0 Å². The zero-order chi connectivity index (χ0) is 11.5. The summed E-state index contributed by atoms with van der Waals surface area (Å²) in [4.78, 5) is 24.2. The van der Waals surface area contributed by atoms with Crippen LogP contribution in [0.15, 0.2) is 0 Å². The summed E-state index contributed by atoms with van der Waals surface area (Å²) in [6.45, 7) is 2.55. The van der Waals surface area contributed by atoms with E-state index in [9.17, 15) is 9.59 Å². The molecule has 2 fully saturated rings. The first-order valence-corrected chi connectivity index (χ1v) is 5.69. The topological polar surface area (TPSA) is 81.7 Å². The predicted molar refractivity (Wildman–Crippen MR) is 57.2 cm³/mol. The Morgan fingerprint density at radius 2 is 2.06 bits per heavy atom. The van der Waals surface area contributed by atoms with E-state index < -0.39 is 12.1 Å². The lowest BCUT2D eigenvalue weighted by Gasteiger charge is -2.31. The lowest BCUT2D eigenvalue weighted by Crippen LogP contribution is -2.47. The Kier molecular flexibility index (Phi) is 3.28. The van der Waals surface area contributed by atoms with Gasteiger partial charge in [-0.05, 0) is 32.4 Å². The quantitative estimate of drug-likeness (QED) is 0.600. The minimum atomic E-state index is -1.12. The van der Waals surface area contributed by atoms with E-state index in [4.69, 9.17) is 5.11 Å². The van der Waals surface area contributed by atoms with Crippen molar-refractivity contribution in [3.05, 3.63) is 0 Å². The molecule has 1 atom stereocenters. The summed E-state index contributed by atoms with van der Waals surface area (Å²) in [5.74, 6) is -0.0608. The number of rotatable bonds is 2. The molecule has 3 N–H and O–H groups in total. The maximum atomic E-state index is 11.9. The van der Waals surface area contributed by atoms with Crippen molar-refractivity contribution in [1.82, 2.24) is 15.5 Å². The zero-order valence-electron chi connectivity index (χ0n) is 9.11. The highest BCUT2D eigenvalue weighted by atomic mass is 16.4. The fourth-order valence-corrected chi connectivity index (χ4v) is 2.47. The lowest BCUT2D eigenvalue weighted by atomic mass is 10.1. The van der Waals surface area contributed by atoms with Crippen LogP contribution in [0, 0.1) is 0 Å². The van der Waals surface area contributed by atoms with E-state index in [1.807, 2.05) is 4.90 Å². The van der Waals surface area contributed by atoms with E-state index >= 15 is 0 Å². The zero-order valence-corrected chi connectivity index (χ0v) is 9.11. The standard InChI is InChI=1S/C10H17N3O3/c14-9-8(12-10(15)16)3-6-13(9)7-1-4-11-5-2-7/h7-8,11-12H,1-6H2,(H,15,16). The number of nitrogens with zero attached hydrogens (tertiary/aromatic N) is 1. The first-order chi connectivity index (χ1) is 7.68. The number of carbonyl (C=O) groups excluding carboxylic acids is 1. The van der Waals surface area contributed by atoms with Crippen molar-refractivity contribution >= 4 is 12.0 Å². The van der Waals surface area contributed by atoms with Gasteiger partial charge in [-0.25, -0.2) is 4.79 Å². The van der Waals surface area contributed by atoms with Crippen LogP contribution in [0.5, 0.6) is 0 Å². The fourth-order valence-electron chi connectivity index (χ4n) is 2.47. The van der Waals surface area contributed by atoms with Crippen molar-refractivity contribution in [3.63, 3.8) is 0 Å². The first-order valence-electron chi connectivity index (χ1n) is 5.69. The Bertz CT molecular complexity index is 289. The second kappa shape index (κ2) is 4.69. The molecule has 0 aliphatic carbocycles. The molecule has 2 aliphatic heterocycles. The van der Waals surface area contributed by atoms with Crippen LogP contribution in [0.2, 0.25) is 0 Å². The van der Waals surface area contributed by atoms with E-state index in [-0.39, 0.29) is 11.9 Å². The van der Waals surface area contributed by atoms with Crippen LogP contribution < -0.4 is 10.6 Å². The molecule has 0 radical (unpaired) electrons. The monoisotopic (exact) mass is 227 g/mol. The van der Waals surface area contributed by atoms with Crippen LogP contribution >= 0.6 is 0 Å². The molecule has 2 heterocycles. The predicted octanol–water partition coefficient (Wildman–Crippen LogP) is -0.393. The molecule has 2 amide bonds. The Morgan fingerprint density at radius 1 is 1.38 bits per heavy atom. The number of nitrogens with one attached hydrogen (secondary N) is 2. The van der Waals surface area contributed by atoms with Gasteiger partial charge in [0.15, 0.2) is 0 Å². The largest absolute Gasteiger partial charge is 0.465 e. The van der Waals surface area contributed by atoms with Crippen molar-refractivity contribution in [1.29, 1.82) is 0 Å². The summed E-state index contributed by atoms with van der Waals surface area (Å²) in [7, 11) is 0. The van der Waals surface area contributed by atoms with Crippen LogP contribution in [-0.4, -0.2) is 53.7 Å². The third-order valence-electron chi connectivity index (χ3n) is 3.29. The molecule has 1 unspecified atom stereocenters. The van der Waals surface area contributed by atoms with Crippen molar-refractivity contribution < 1.29 is 14.7 Å². The van der Waals surface area contributed by atoms with E-state index in [1.165, 1.54) is 0 Å². The third-order valence-corrected chi connectivity index (χ3v) is 3.29. The van der Waals surface area contributed by atoms with Crippen molar-refractivity contribution in [2.75, 3.05) is 19.6 Å². The summed E-state index contributed by atoms with van der Waals surface area (Å²) in [6.07, 6.45) is 1.40. The highest BCUT2D eigenvalue weighted by Gasteiger charge is 2.36. The number of hydrogen-bond donors (Lipinski definition) is 3. The van der Waals surface area contributed by atoms with E-state index in [0.717, 1.165) is 25.9 Å². The first kappa shape index (κ1) is 11.2. The average Bonchev–Trinajstić information content (AvgIpc) is 2.61. The van der Waals surface area contributed by atoms with Gasteiger partial charge >= 0.3 is 6.09 Å². The smallest absolute Gasteiger partial charge is 0.405 e. The molecule has 0 bridgehead atoms. The van der Waals surface area contributed by atoms with E-state index in [0.29, 0.717) is 13.0 Å². The number of hydrogen-bond acceptors (Lipinski definition) is 3. The number of carboxylic acid groups (broad SMARTS) is 1. The van der Waals surface area contributed by atoms with Gasteiger partial charge in [-0.3, -0.25) is 4.79 Å². The number of likely N-dealkylation sites (tertiary alicyclic amines) is 1. The Balaban J connectivity index is 1.92. The number of carbonyl (C=O) groups is 2. The van der Waals surface area contributed by atoms with Gasteiger partial charge in [0.05, 0.1) is 0 Å². The van der Waals surface area contributed by atoms with Crippen LogP contribution in [0.1, 0.15) is 19.3 Å². The van der Waals surface area contributed by atoms with Crippen molar-refractivity contribution in [2.45, 2.75) is 31.3 Å². The maximum Gasteiger partial charge on any atom is 0.405 e. The SMILES string of the molecule is O=C(O)NC1CCN(C2CCNCC2)C1=O. The molecular formula is C10H17N3O3.